The van der Waals surface area contributed by atoms with Gasteiger partial charge in [0.05, 0.1) is 22.1 Å². The van der Waals surface area contributed by atoms with Crippen molar-refractivity contribution in [3.8, 4) is 11.4 Å². The second kappa shape index (κ2) is 12.0. The maximum atomic E-state index is 11.9. The van der Waals surface area contributed by atoms with Crippen LogP contribution in [0, 0.1) is 6.92 Å². The first-order valence-electron chi connectivity index (χ1n) is 14.5. The summed E-state index contributed by atoms with van der Waals surface area (Å²) < 4.78 is 4.48. The molecule has 0 amide bonds. The van der Waals surface area contributed by atoms with Gasteiger partial charge in [-0.1, -0.05) is 69.3 Å². The largest absolute Gasteiger partial charge is 0.478 e. The number of rotatable bonds is 10. The molecule has 5 aromatic rings. The van der Waals surface area contributed by atoms with Gasteiger partial charge in [0, 0.05) is 31.1 Å². The number of aromatic nitrogens is 4. The Kier molecular flexibility index (Phi) is 8.20. The molecule has 0 radical (unpaired) electrons. The molecule has 0 bridgehead atoms. The molecular weight excluding hydrogens is 508 g/mol. The van der Waals surface area contributed by atoms with Crippen molar-refractivity contribution >= 4 is 33.6 Å². The molecule has 0 aliphatic heterocycles. The molecule has 0 saturated heterocycles. The fourth-order valence-corrected chi connectivity index (χ4v) is 5.60. The third-order valence-corrected chi connectivity index (χ3v) is 7.71. The average Bonchev–Trinajstić information content (AvgIpc) is 3.49. The van der Waals surface area contributed by atoms with E-state index in [1.165, 1.54) is 0 Å². The predicted molar refractivity (Wildman–Crippen MR) is 168 cm³/mol. The average molecular weight is 547 g/mol. The maximum absolute atomic E-state index is 11.9. The first-order valence-corrected chi connectivity index (χ1v) is 14.5. The summed E-state index contributed by atoms with van der Waals surface area (Å²) >= 11 is 0. The lowest BCUT2D eigenvalue weighted by Gasteiger charge is -2.12. The Bertz CT molecular complexity index is 1780. The molecule has 0 saturated carbocycles. The summed E-state index contributed by atoms with van der Waals surface area (Å²) in [7, 11) is 2.07. The van der Waals surface area contributed by atoms with Gasteiger partial charge in [-0.2, -0.15) is 0 Å². The second-order valence-electron chi connectivity index (χ2n) is 10.6. The molecule has 2 heterocycles. The molecule has 41 heavy (non-hydrogen) atoms. The SMILES string of the molecule is CC/C=C\C(=C(/CC)C(=O)O)c1ccc(Cn2c(CCC)nc3c(C)cc(-c4nc5ccccc5n4C)cc32)cc1. The Labute approximate surface area is 241 Å². The number of aryl methyl sites for hydroxylation is 3. The summed E-state index contributed by atoms with van der Waals surface area (Å²) in [5.41, 5.74) is 9.69. The number of imidazole rings is 2. The number of hydrogen-bond acceptors (Lipinski definition) is 3. The van der Waals surface area contributed by atoms with Gasteiger partial charge < -0.3 is 14.2 Å². The van der Waals surface area contributed by atoms with E-state index < -0.39 is 5.97 Å². The lowest BCUT2D eigenvalue weighted by molar-refractivity contribution is -0.132. The fraction of sp³-hybridized carbons (Fsp3) is 0.286. The highest BCUT2D eigenvalue weighted by molar-refractivity contribution is 5.99. The molecule has 3 aromatic carbocycles. The van der Waals surface area contributed by atoms with Crippen LogP contribution in [0.15, 0.2) is 78.4 Å². The smallest absolute Gasteiger partial charge is 0.332 e. The number of hydrogen-bond donors (Lipinski definition) is 1. The van der Waals surface area contributed by atoms with Crippen LogP contribution in [0.2, 0.25) is 0 Å². The van der Waals surface area contributed by atoms with Crippen LogP contribution in [0.4, 0.5) is 0 Å². The Balaban J connectivity index is 1.58. The van der Waals surface area contributed by atoms with Gasteiger partial charge >= 0.3 is 5.97 Å². The Morgan fingerprint density at radius 2 is 1.73 bits per heavy atom. The summed E-state index contributed by atoms with van der Waals surface area (Å²) in [5, 5.41) is 9.79. The first-order chi connectivity index (χ1) is 19.9. The van der Waals surface area contributed by atoms with Crippen LogP contribution in [-0.4, -0.2) is 30.2 Å². The van der Waals surface area contributed by atoms with Gasteiger partial charge in [-0.05, 0) is 72.7 Å². The molecule has 210 valence electrons. The quantitative estimate of drug-likeness (QED) is 0.142. The molecule has 0 unspecified atom stereocenters. The Morgan fingerprint density at radius 1 is 0.976 bits per heavy atom. The van der Waals surface area contributed by atoms with E-state index in [2.05, 4.69) is 73.4 Å². The van der Waals surface area contributed by atoms with E-state index in [-0.39, 0.29) is 0 Å². The van der Waals surface area contributed by atoms with Crippen molar-refractivity contribution in [2.45, 2.75) is 59.9 Å². The van der Waals surface area contributed by atoms with Crippen LogP contribution in [0.3, 0.4) is 0 Å². The van der Waals surface area contributed by atoms with Crippen molar-refractivity contribution < 1.29 is 9.90 Å². The third kappa shape index (κ3) is 5.47. The van der Waals surface area contributed by atoms with Crippen LogP contribution in [-0.2, 0) is 24.8 Å². The Hall–Kier alpha value is -4.45. The number of carboxylic acids is 1. The first kappa shape index (κ1) is 28.1. The predicted octanol–water partition coefficient (Wildman–Crippen LogP) is 8.11. The van der Waals surface area contributed by atoms with Crippen molar-refractivity contribution in [1.82, 2.24) is 19.1 Å². The lowest BCUT2D eigenvalue weighted by atomic mass is 9.96. The van der Waals surface area contributed by atoms with E-state index in [1.54, 1.807) is 0 Å². The summed E-state index contributed by atoms with van der Waals surface area (Å²) in [6.07, 6.45) is 7.17. The second-order valence-corrected chi connectivity index (χ2v) is 10.6. The molecule has 5 rings (SSSR count). The number of carboxylic acid groups (broad SMARTS) is 1. The van der Waals surface area contributed by atoms with E-state index in [1.807, 2.05) is 43.3 Å². The molecule has 0 aliphatic carbocycles. The number of para-hydroxylation sites is 2. The van der Waals surface area contributed by atoms with Crippen LogP contribution >= 0.6 is 0 Å². The van der Waals surface area contributed by atoms with Crippen molar-refractivity contribution in [2.24, 2.45) is 7.05 Å². The monoisotopic (exact) mass is 546 g/mol. The normalized spacial score (nSPS) is 12.5. The zero-order chi connectivity index (χ0) is 29.1. The van der Waals surface area contributed by atoms with Crippen LogP contribution in [0.1, 0.15) is 62.5 Å². The number of nitrogens with zero attached hydrogens (tertiary/aromatic N) is 4. The number of aliphatic carboxylic acids is 1. The minimum Gasteiger partial charge on any atom is -0.478 e. The van der Waals surface area contributed by atoms with Gasteiger partial charge in [-0.3, -0.25) is 0 Å². The van der Waals surface area contributed by atoms with Gasteiger partial charge in [-0.25, -0.2) is 14.8 Å². The summed E-state index contributed by atoms with van der Waals surface area (Å²) in [4.78, 5) is 22.0. The van der Waals surface area contributed by atoms with Crippen LogP contribution in [0.5, 0.6) is 0 Å². The summed E-state index contributed by atoms with van der Waals surface area (Å²) in [6.45, 7) is 8.93. The van der Waals surface area contributed by atoms with Crippen molar-refractivity contribution in [3.05, 3.63) is 101 Å². The van der Waals surface area contributed by atoms with Gasteiger partial charge in [0.25, 0.3) is 0 Å². The zero-order valence-corrected chi connectivity index (χ0v) is 24.6. The molecule has 6 heteroatoms. The minimum absolute atomic E-state index is 0.429. The highest BCUT2D eigenvalue weighted by Gasteiger charge is 2.18. The van der Waals surface area contributed by atoms with Gasteiger partial charge in [0.15, 0.2) is 0 Å². The summed E-state index contributed by atoms with van der Waals surface area (Å²) in [5.74, 6) is 1.14. The van der Waals surface area contributed by atoms with Crippen molar-refractivity contribution in [3.63, 3.8) is 0 Å². The number of allylic oxidation sites excluding steroid dienone is 3. The topological polar surface area (TPSA) is 72.9 Å². The fourth-order valence-electron chi connectivity index (χ4n) is 5.60. The zero-order valence-electron chi connectivity index (χ0n) is 24.6. The molecular formula is C35H38N4O2. The van der Waals surface area contributed by atoms with Gasteiger partial charge in [0.2, 0.25) is 0 Å². The van der Waals surface area contributed by atoms with Crippen molar-refractivity contribution in [2.75, 3.05) is 0 Å². The highest BCUT2D eigenvalue weighted by Crippen LogP contribution is 2.31. The minimum atomic E-state index is -0.867. The maximum Gasteiger partial charge on any atom is 0.332 e. The van der Waals surface area contributed by atoms with E-state index in [9.17, 15) is 9.90 Å². The van der Waals surface area contributed by atoms with Crippen LogP contribution in [0.25, 0.3) is 39.0 Å². The molecule has 2 aromatic heterocycles. The highest BCUT2D eigenvalue weighted by atomic mass is 16.4. The molecule has 0 aliphatic rings. The van der Waals surface area contributed by atoms with E-state index >= 15 is 0 Å². The molecule has 0 atom stereocenters. The Morgan fingerprint density at radius 3 is 2.39 bits per heavy atom. The van der Waals surface area contributed by atoms with Crippen molar-refractivity contribution in [1.29, 1.82) is 0 Å². The molecule has 0 spiro atoms. The number of carbonyl (C=O) groups is 1. The third-order valence-electron chi connectivity index (χ3n) is 7.71. The van der Waals surface area contributed by atoms with Crippen LogP contribution < -0.4 is 0 Å². The summed E-state index contributed by atoms with van der Waals surface area (Å²) in [6, 6.07) is 20.9. The molecule has 0 fully saturated rings. The van der Waals surface area contributed by atoms with E-state index in [0.29, 0.717) is 18.5 Å². The standard InChI is InChI=1S/C35H38N4O2/c1-6-9-13-28(27(8-3)35(40)41)25-18-16-24(17-19-25)22-39-31-21-26(20-23(4)33(31)37-32(39)12-7-2)34-36-29-14-10-11-15-30(29)38(34)5/h9-11,13-21H,6-8,12,22H2,1-5H3,(H,40,41)/b13-9-,28-27-. The van der Waals surface area contributed by atoms with Gasteiger partial charge in [-0.15, -0.1) is 0 Å². The number of benzene rings is 3. The van der Waals surface area contributed by atoms with E-state index in [4.69, 9.17) is 9.97 Å². The lowest BCUT2D eigenvalue weighted by Crippen LogP contribution is -2.06. The molecule has 1 N–H and O–H groups in total. The van der Waals surface area contributed by atoms with Gasteiger partial charge in [0.1, 0.15) is 11.6 Å². The molecule has 6 nitrogen and oxygen atoms in total. The number of fused-ring (bicyclic) bond motifs is 2. The van der Waals surface area contributed by atoms with E-state index in [0.717, 1.165) is 80.8 Å².